The zero-order chi connectivity index (χ0) is 10.3. The number of hydrogen-bond acceptors (Lipinski definition) is 1. The SMILES string of the molecule is OC1(c2cc(F)c(Br)cc2Br)CCC1. The summed E-state index contributed by atoms with van der Waals surface area (Å²) in [7, 11) is 0. The molecule has 4 heteroatoms. The molecule has 0 aliphatic heterocycles. The van der Waals surface area contributed by atoms with Gasteiger partial charge in [-0.1, -0.05) is 15.9 Å². The Labute approximate surface area is 98.6 Å². The fourth-order valence-corrected chi connectivity index (χ4v) is 3.02. The van der Waals surface area contributed by atoms with Gasteiger partial charge in [0.2, 0.25) is 0 Å². The number of rotatable bonds is 1. The highest BCUT2D eigenvalue weighted by molar-refractivity contribution is 9.11. The first-order chi connectivity index (χ1) is 6.53. The first-order valence-electron chi connectivity index (χ1n) is 4.40. The molecule has 1 aromatic carbocycles. The number of aliphatic hydroxyl groups is 1. The predicted molar refractivity (Wildman–Crippen MR) is 59.5 cm³/mol. The molecule has 1 fully saturated rings. The molecular formula is C10H9Br2FO. The zero-order valence-electron chi connectivity index (χ0n) is 7.36. The second-order valence-electron chi connectivity index (χ2n) is 3.63. The minimum absolute atomic E-state index is 0.330. The van der Waals surface area contributed by atoms with Crippen LogP contribution in [0.15, 0.2) is 21.1 Å². The Morgan fingerprint density at radius 2 is 1.86 bits per heavy atom. The topological polar surface area (TPSA) is 20.2 Å². The zero-order valence-corrected chi connectivity index (χ0v) is 10.5. The molecule has 1 saturated carbocycles. The lowest BCUT2D eigenvalue weighted by Gasteiger charge is -2.37. The molecule has 76 valence electrons. The van der Waals surface area contributed by atoms with Crippen LogP contribution >= 0.6 is 31.9 Å². The van der Waals surface area contributed by atoms with Gasteiger partial charge in [-0.3, -0.25) is 0 Å². The van der Waals surface area contributed by atoms with Crippen LogP contribution < -0.4 is 0 Å². The van der Waals surface area contributed by atoms with Crippen molar-refractivity contribution >= 4 is 31.9 Å². The van der Waals surface area contributed by atoms with Crippen molar-refractivity contribution in [3.63, 3.8) is 0 Å². The van der Waals surface area contributed by atoms with Gasteiger partial charge in [0.25, 0.3) is 0 Å². The number of benzene rings is 1. The minimum Gasteiger partial charge on any atom is -0.385 e. The van der Waals surface area contributed by atoms with Crippen LogP contribution in [-0.4, -0.2) is 5.11 Å². The summed E-state index contributed by atoms with van der Waals surface area (Å²) in [6.07, 6.45) is 2.43. The highest BCUT2D eigenvalue weighted by Gasteiger charge is 2.38. The molecule has 2 rings (SSSR count). The van der Waals surface area contributed by atoms with Crippen molar-refractivity contribution in [3.05, 3.63) is 32.5 Å². The summed E-state index contributed by atoms with van der Waals surface area (Å²) in [4.78, 5) is 0. The Kier molecular flexibility index (Phi) is 2.70. The van der Waals surface area contributed by atoms with Crippen LogP contribution in [-0.2, 0) is 5.60 Å². The summed E-state index contributed by atoms with van der Waals surface area (Å²) in [5, 5.41) is 10.1. The quantitative estimate of drug-likeness (QED) is 0.781. The Balaban J connectivity index is 2.48. The van der Waals surface area contributed by atoms with Crippen molar-refractivity contribution < 1.29 is 9.50 Å². The lowest BCUT2D eigenvalue weighted by atomic mass is 9.75. The molecule has 0 amide bonds. The average Bonchev–Trinajstić information content (AvgIpc) is 2.07. The van der Waals surface area contributed by atoms with Gasteiger partial charge in [-0.05, 0) is 47.3 Å². The molecule has 0 bridgehead atoms. The van der Waals surface area contributed by atoms with E-state index >= 15 is 0 Å². The molecule has 0 spiro atoms. The van der Waals surface area contributed by atoms with Gasteiger partial charge in [0.05, 0.1) is 10.1 Å². The van der Waals surface area contributed by atoms with Gasteiger partial charge in [-0.15, -0.1) is 0 Å². The van der Waals surface area contributed by atoms with E-state index in [1.165, 1.54) is 6.07 Å². The van der Waals surface area contributed by atoms with Crippen molar-refractivity contribution in [2.75, 3.05) is 0 Å². The van der Waals surface area contributed by atoms with E-state index in [1.807, 2.05) is 0 Å². The van der Waals surface area contributed by atoms with E-state index < -0.39 is 5.60 Å². The third kappa shape index (κ3) is 1.64. The Bertz CT molecular complexity index is 375. The number of halogens is 3. The fraction of sp³-hybridized carbons (Fsp3) is 0.400. The van der Waals surface area contributed by atoms with Gasteiger partial charge >= 0.3 is 0 Å². The molecule has 0 saturated heterocycles. The van der Waals surface area contributed by atoms with Gasteiger partial charge in [0.1, 0.15) is 5.82 Å². The van der Waals surface area contributed by atoms with Crippen LogP contribution in [0.1, 0.15) is 24.8 Å². The molecule has 0 radical (unpaired) electrons. The summed E-state index contributed by atoms with van der Waals surface area (Å²) in [5.41, 5.74) is -0.162. The van der Waals surface area contributed by atoms with Gasteiger partial charge in [-0.2, -0.15) is 0 Å². The van der Waals surface area contributed by atoms with E-state index in [1.54, 1.807) is 6.07 Å². The van der Waals surface area contributed by atoms with Crippen LogP contribution in [0.4, 0.5) is 4.39 Å². The summed E-state index contributed by atoms with van der Waals surface area (Å²) < 4.78 is 14.4. The third-order valence-electron chi connectivity index (χ3n) is 2.69. The smallest absolute Gasteiger partial charge is 0.137 e. The van der Waals surface area contributed by atoms with E-state index in [4.69, 9.17) is 0 Å². The first kappa shape index (κ1) is 10.6. The summed E-state index contributed by atoms with van der Waals surface area (Å²) >= 11 is 6.44. The average molecular weight is 324 g/mol. The second-order valence-corrected chi connectivity index (χ2v) is 5.34. The molecule has 14 heavy (non-hydrogen) atoms. The fourth-order valence-electron chi connectivity index (χ4n) is 1.66. The second kappa shape index (κ2) is 3.58. The first-order valence-corrected chi connectivity index (χ1v) is 5.99. The van der Waals surface area contributed by atoms with E-state index in [2.05, 4.69) is 31.9 Å². The molecule has 1 nitrogen and oxygen atoms in total. The van der Waals surface area contributed by atoms with Gasteiger partial charge in [0, 0.05) is 10.0 Å². The highest BCUT2D eigenvalue weighted by atomic mass is 79.9. The monoisotopic (exact) mass is 322 g/mol. The van der Waals surface area contributed by atoms with Crippen molar-refractivity contribution in [2.24, 2.45) is 0 Å². The predicted octanol–water partition coefficient (Wildman–Crippen LogP) is 3.72. The van der Waals surface area contributed by atoms with E-state index in [0.717, 1.165) is 10.9 Å². The lowest BCUT2D eigenvalue weighted by molar-refractivity contribution is -0.0396. The molecule has 0 heterocycles. The molecule has 1 aromatic rings. The van der Waals surface area contributed by atoms with Gasteiger partial charge in [0.15, 0.2) is 0 Å². The van der Waals surface area contributed by atoms with Gasteiger partial charge in [-0.25, -0.2) is 4.39 Å². The Morgan fingerprint density at radius 1 is 1.21 bits per heavy atom. The summed E-state index contributed by atoms with van der Waals surface area (Å²) in [5.74, 6) is -0.330. The molecule has 1 aliphatic rings. The molecule has 1 aliphatic carbocycles. The van der Waals surface area contributed by atoms with Crippen LogP contribution in [0.2, 0.25) is 0 Å². The van der Waals surface area contributed by atoms with Crippen molar-refractivity contribution in [1.82, 2.24) is 0 Å². The van der Waals surface area contributed by atoms with Crippen molar-refractivity contribution in [3.8, 4) is 0 Å². The molecule has 0 unspecified atom stereocenters. The maximum atomic E-state index is 13.3. The van der Waals surface area contributed by atoms with Crippen molar-refractivity contribution in [1.29, 1.82) is 0 Å². The van der Waals surface area contributed by atoms with Crippen molar-refractivity contribution in [2.45, 2.75) is 24.9 Å². The van der Waals surface area contributed by atoms with E-state index in [-0.39, 0.29) is 5.82 Å². The Hall–Kier alpha value is 0.0700. The summed E-state index contributed by atoms with van der Waals surface area (Å²) in [6.45, 7) is 0. The van der Waals surface area contributed by atoms with Crippen LogP contribution in [0, 0.1) is 5.82 Å². The normalized spacial score (nSPS) is 19.1. The van der Waals surface area contributed by atoms with E-state index in [9.17, 15) is 9.50 Å². The van der Waals surface area contributed by atoms with E-state index in [0.29, 0.717) is 22.9 Å². The maximum absolute atomic E-state index is 13.3. The molecule has 1 N–H and O–H groups in total. The summed E-state index contributed by atoms with van der Waals surface area (Å²) in [6, 6.07) is 3.04. The van der Waals surface area contributed by atoms with Gasteiger partial charge < -0.3 is 5.11 Å². The molecule has 0 atom stereocenters. The maximum Gasteiger partial charge on any atom is 0.137 e. The molecule has 0 aromatic heterocycles. The lowest BCUT2D eigenvalue weighted by Crippen LogP contribution is -2.34. The largest absolute Gasteiger partial charge is 0.385 e. The number of hydrogen-bond donors (Lipinski definition) is 1. The van der Waals surface area contributed by atoms with Crippen LogP contribution in [0.5, 0.6) is 0 Å². The van der Waals surface area contributed by atoms with Crippen LogP contribution in [0.3, 0.4) is 0 Å². The standard InChI is InChI=1S/C10H9Br2FO/c11-7-5-8(12)9(13)4-6(7)10(14)2-1-3-10/h4-5,14H,1-3H2. The highest BCUT2D eigenvalue weighted by Crippen LogP contribution is 2.44. The Morgan fingerprint density at radius 3 is 2.36 bits per heavy atom. The third-order valence-corrected chi connectivity index (χ3v) is 3.96. The van der Waals surface area contributed by atoms with Crippen LogP contribution in [0.25, 0.3) is 0 Å². The molecular weight excluding hydrogens is 315 g/mol. The minimum atomic E-state index is -0.819.